The first-order valence-corrected chi connectivity index (χ1v) is 8.50. The van der Waals surface area contributed by atoms with E-state index in [1.54, 1.807) is 0 Å². The lowest BCUT2D eigenvalue weighted by atomic mass is 9.57. The van der Waals surface area contributed by atoms with E-state index in [4.69, 9.17) is 0 Å². The Morgan fingerprint density at radius 3 is 2.44 bits per heavy atom. The average Bonchev–Trinajstić information content (AvgIpc) is 2.37. The van der Waals surface area contributed by atoms with Crippen LogP contribution in [0, 0.1) is 5.41 Å². The van der Waals surface area contributed by atoms with Crippen LogP contribution in [0.4, 0.5) is 5.69 Å². The molecule has 1 nitrogen and oxygen atoms in total. The van der Waals surface area contributed by atoms with Crippen LogP contribution in [0.1, 0.15) is 44.9 Å². The van der Waals surface area contributed by atoms with Crippen molar-refractivity contribution in [3.63, 3.8) is 0 Å². The van der Waals surface area contributed by atoms with E-state index in [0.717, 1.165) is 8.95 Å². The number of anilines is 1. The van der Waals surface area contributed by atoms with Crippen molar-refractivity contribution in [2.45, 2.75) is 51.0 Å². The molecule has 0 aromatic heterocycles. The Morgan fingerprint density at radius 1 is 1.06 bits per heavy atom. The maximum absolute atomic E-state index is 3.77. The van der Waals surface area contributed by atoms with Gasteiger partial charge in [-0.3, -0.25) is 0 Å². The highest BCUT2D eigenvalue weighted by Crippen LogP contribution is 2.53. The molecular weight excluding hydrogens is 354 g/mol. The molecule has 3 heteroatoms. The van der Waals surface area contributed by atoms with Crippen molar-refractivity contribution < 1.29 is 0 Å². The maximum Gasteiger partial charge on any atom is 0.0487 e. The molecule has 0 radical (unpaired) electrons. The molecule has 0 saturated heterocycles. The van der Waals surface area contributed by atoms with Crippen molar-refractivity contribution in [1.29, 1.82) is 0 Å². The van der Waals surface area contributed by atoms with Crippen LogP contribution in [-0.4, -0.2) is 6.04 Å². The molecule has 2 saturated carbocycles. The molecule has 1 aromatic carbocycles. The molecule has 2 aliphatic rings. The van der Waals surface area contributed by atoms with Crippen LogP contribution < -0.4 is 5.32 Å². The van der Waals surface area contributed by atoms with Gasteiger partial charge in [0.15, 0.2) is 0 Å². The second-order valence-electron chi connectivity index (χ2n) is 5.78. The van der Waals surface area contributed by atoms with Gasteiger partial charge in [-0.15, -0.1) is 0 Å². The number of nitrogens with one attached hydrogen (secondary N) is 1. The number of hydrogen-bond acceptors (Lipinski definition) is 1. The zero-order valence-corrected chi connectivity index (χ0v) is 13.7. The molecule has 1 atom stereocenters. The Kier molecular flexibility index (Phi) is 3.72. The average molecular weight is 373 g/mol. The molecule has 2 aliphatic carbocycles. The summed E-state index contributed by atoms with van der Waals surface area (Å²) in [5, 5.41) is 3.77. The Hall–Kier alpha value is -0.0200. The number of hydrogen-bond donors (Lipinski definition) is 1. The summed E-state index contributed by atoms with van der Waals surface area (Å²) in [5.41, 5.74) is 1.86. The van der Waals surface area contributed by atoms with Crippen molar-refractivity contribution in [1.82, 2.24) is 0 Å². The summed E-state index contributed by atoms with van der Waals surface area (Å²) in [4.78, 5) is 0. The summed E-state index contributed by atoms with van der Waals surface area (Å²) >= 11 is 7.15. The van der Waals surface area contributed by atoms with Crippen LogP contribution in [0.5, 0.6) is 0 Å². The molecule has 18 heavy (non-hydrogen) atoms. The van der Waals surface area contributed by atoms with Crippen LogP contribution in [0.2, 0.25) is 0 Å². The van der Waals surface area contributed by atoms with E-state index in [-0.39, 0.29) is 0 Å². The predicted octanol–water partition coefficient (Wildman–Crippen LogP) is 5.74. The lowest BCUT2D eigenvalue weighted by Gasteiger charge is -2.52. The van der Waals surface area contributed by atoms with E-state index in [9.17, 15) is 0 Å². The van der Waals surface area contributed by atoms with E-state index in [1.165, 1.54) is 50.6 Å². The molecule has 3 rings (SSSR count). The van der Waals surface area contributed by atoms with Crippen molar-refractivity contribution in [3.8, 4) is 0 Å². The van der Waals surface area contributed by atoms with E-state index >= 15 is 0 Å². The third-order valence-electron chi connectivity index (χ3n) is 4.78. The standard InChI is InChI=1S/C15H19Br2N/c16-11-4-5-13(12(17)10-11)18-14-6-9-15(14)7-2-1-3-8-15/h4-5,10,14,18H,1-3,6-9H2. The van der Waals surface area contributed by atoms with Crippen molar-refractivity contribution >= 4 is 37.5 Å². The summed E-state index contributed by atoms with van der Waals surface area (Å²) in [7, 11) is 0. The van der Waals surface area contributed by atoms with E-state index in [0.29, 0.717) is 11.5 Å². The van der Waals surface area contributed by atoms with E-state index < -0.39 is 0 Å². The lowest BCUT2D eigenvalue weighted by molar-refractivity contribution is 0.0571. The third kappa shape index (κ3) is 2.36. The summed E-state index contributed by atoms with van der Waals surface area (Å²) in [6, 6.07) is 7.09. The molecule has 1 N–H and O–H groups in total. The number of halogens is 2. The van der Waals surface area contributed by atoms with Crippen molar-refractivity contribution in [3.05, 3.63) is 27.1 Å². The van der Waals surface area contributed by atoms with Crippen LogP contribution in [0.25, 0.3) is 0 Å². The van der Waals surface area contributed by atoms with E-state index in [1.807, 2.05) is 0 Å². The molecule has 1 aromatic rings. The molecule has 0 heterocycles. The number of benzene rings is 1. The fourth-order valence-electron chi connectivity index (χ4n) is 3.57. The lowest BCUT2D eigenvalue weighted by Crippen LogP contribution is -2.50. The van der Waals surface area contributed by atoms with Crippen LogP contribution in [0.15, 0.2) is 27.1 Å². The van der Waals surface area contributed by atoms with Gasteiger partial charge in [0.05, 0.1) is 0 Å². The Bertz CT molecular complexity index is 438. The first kappa shape index (κ1) is 13.0. The smallest absolute Gasteiger partial charge is 0.0487 e. The van der Waals surface area contributed by atoms with Gasteiger partial charge in [-0.1, -0.05) is 35.2 Å². The molecule has 2 fully saturated rings. The van der Waals surface area contributed by atoms with Crippen LogP contribution in [-0.2, 0) is 0 Å². The second-order valence-corrected chi connectivity index (χ2v) is 7.55. The van der Waals surface area contributed by atoms with Crippen molar-refractivity contribution in [2.24, 2.45) is 5.41 Å². The van der Waals surface area contributed by atoms with Gasteiger partial charge in [0, 0.05) is 20.7 Å². The Balaban J connectivity index is 1.72. The zero-order valence-electron chi connectivity index (χ0n) is 10.5. The highest BCUT2D eigenvalue weighted by molar-refractivity contribution is 9.11. The minimum absolute atomic E-state index is 0.616. The molecule has 98 valence electrons. The van der Waals surface area contributed by atoms with E-state index in [2.05, 4.69) is 55.4 Å². The van der Waals surface area contributed by atoms with Gasteiger partial charge in [0.2, 0.25) is 0 Å². The summed E-state index contributed by atoms with van der Waals surface area (Å²) in [6.07, 6.45) is 9.93. The molecule has 1 spiro atoms. The van der Waals surface area contributed by atoms with Gasteiger partial charge >= 0.3 is 0 Å². The van der Waals surface area contributed by atoms with Gasteiger partial charge in [-0.2, -0.15) is 0 Å². The van der Waals surface area contributed by atoms with Gasteiger partial charge in [0.25, 0.3) is 0 Å². The molecular formula is C15H19Br2N. The minimum atomic E-state index is 0.616. The summed E-state index contributed by atoms with van der Waals surface area (Å²) in [5.74, 6) is 0. The summed E-state index contributed by atoms with van der Waals surface area (Å²) in [6.45, 7) is 0. The Labute approximate surface area is 126 Å². The topological polar surface area (TPSA) is 12.0 Å². The number of rotatable bonds is 2. The molecule has 1 unspecified atom stereocenters. The molecule has 0 bridgehead atoms. The summed E-state index contributed by atoms with van der Waals surface area (Å²) < 4.78 is 2.29. The first-order chi connectivity index (χ1) is 8.70. The zero-order chi connectivity index (χ0) is 12.6. The maximum atomic E-state index is 3.77. The monoisotopic (exact) mass is 371 g/mol. The second kappa shape index (κ2) is 5.16. The largest absolute Gasteiger partial charge is 0.381 e. The van der Waals surface area contributed by atoms with Gasteiger partial charge in [-0.25, -0.2) is 0 Å². The molecule has 0 aliphatic heterocycles. The van der Waals surface area contributed by atoms with Crippen LogP contribution in [0.3, 0.4) is 0 Å². The van der Waals surface area contributed by atoms with Gasteiger partial charge in [0.1, 0.15) is 0 Å². The van der Waals surface area contributed by atoms with Crippen LogP contribution >= 0.6 is 31.9 Å². The fourth-order valence-corrected chi connectivity index (χ4v) is 4.73. The predicted molar refractivity (Wildman–Crippen MR) is 84.0 cm³/mol. The Morgan fingerprint density at radius 2 is 1.83 bits per heavy atom. The first-order valence-electron chi connectivity index (χ1n) is 6.91. The molecule has 0 amide bonds. The van der Waals surface area contributed by atoms with Crippen molar-refractivity contribution in [2.75, 3.05) is 5.32 Å². The highest BCUT2D eigenvalue weighted by atomic mass is 79.9. The fraction of sp³-hybridized carbons (Fsp3) is 0.600. The van der Waals surface area contributed by atoms with Gasteiger partial charge < -0.3 is 5.32 Å². The normalized spacial score (nSPS) is 25.8. The minimum Gasteiger partial charge on any atom is -0.381 e. The third-order valence-corrected chi connectivity index (χ3v) is 5.93. The highest BCUT2D eigenvalue weighted by Gasteiger charge is 2.46. The SMILES string of the molecule is Brc1ccc(NC2CCC23CCCCC3)c(Br)c1. The quantitative estimate of drug-likeness (QED) is 0.698. The van der Waals surface area contributed by atoms with Gasteiger partial charge in [-0.05, 0) is 65.2 Å².